The fourth-order valence-corrected chi connectivity index (χ4v) is 4.85. The zero-order valence-electron chi connectivity index (χ0n) is 19.2. The molecule has 0 radical (unpaired) electrons. The molecule has 0 fully saturated rings. The van der Waals surface area contributed by atoms with Crippen LogP contribution in [0.15, 0.2) is 97.3 Å². The Morgan fingerprint density at radius 3 is 2.12 bits per heavy atom. The molecule has 0 N–H and O–H groups in total. The van der Waals surface area contributed by atoms with Gasteiger partial charge in [-0.3, -0.25) is 9.97 Å². The molecule has 1 aliphatic rings. The van der Waals surface area contributed by atoms with E-state index in [9.17, 15) is 0 Å². The van der Waals surface area contributed by atoms with Gasteiger partial charge in [0.2, 0.25) is 0 Å². The molecule has 0 spiro atoms. The first kappa shape index (κ1) is 20.5. The van der Waals surface area contributed by atoms with E-state index in [2.05, 4.69) is 61.5 Å². The topological polar surface area (TPSA) is 38.7 Å². The van der Waals surface area contributed by atoms with E-state index in [1.165, 1.54) is 27.8 Å². The average molecular weight is 440 g/mol. The predicted molar refractivity (Wildman–Crippen MR) is 138 cm³/mol. The molecule has 3 aromatic heterocycles. The van der Waals surface area contributed by atoms with Crippen LogP contribution in [0.5, 0.6) is 0 Å². The van der Waals surface area contributed by atoms with Gasteiger partial charge in [-0.25, -0.2) is 4.98 Å². The maximum Gasteiger partial charge on any atom is 0.0921 e. The fraction of sp³-hybridized carbons (Fsp3) is 0.129. The van der Waals surface area contributed by atoms with Crippen molar-refractivity contribution in [3.8, 4) is 45.0 Å². The van der Waals surface area contributed by atoms with Crippen molar-refractivity contribution in [2.45, 2.75) is 26.2 Å². The third-order valence-electron chi connectivity index (χ3n) is 6.64. The van der Waals surface area contributed by atoms with E-state index in [4.69, 9.17) is 15.0 Å². The van der Waals surface area contributed by atoms with Crippen molar-refractivity contribution in [3.05, 3.63) is 114 Å². The molecule has 0 unspecified atom stereocenters. The summed E-state index contributed by atoms with van der Waals surface area (Å²) in [7, 11) is 0. The van der Waals surface area contributed by atoms with Gasteiger partial charge in [0.25, 0.3) is 0 Å². The second-order valence-electron chi connectivity index (χ2n) is 8.90. The number of nitrogens with zero attached hydrogens (tertiary/aromatic N) is 3. The number of aromatic nitrogens is 3. The molecule has 2 aromatic carbocycles. The molecule has 0 aliphatic heterocycles. The molecule has 0 bridgehead atoms. The van der Waals surface area contributed by atoms with Crippen LogP contribution >= 0.6 is 0 Å². The van der Waals surface area contributed by atoms with Gasteiger partial charge in [0.05, 0.1) is 22.8 Å². The maximum absolute atomic E-state index is 4.98. The quantitative estimate of drug-likeness (QED) is 0.294. The molecule has 0 amide bonds. The van der Waals surface area contributed by atoms with Gasteiger partial charge in [-0.1, -0.05) is 72.3 Å². The zero-order chi connectivity index (χ0) is 22.9. The van der Waals surface area contributed by atoms with Crippen LogP contribution in [0.4, 0.5) is 0 Å². The number of hydrogen-bond acceptors (Lipinski definition) is 3. The Morgan fingerprint density at radius 2 is 1.32 bits per heavy atom. The van der Waals surface area contributed by atoms with Crippen LogP contribution in [-0.4, -0.2) is 15.0 Å². The fourth-order valence-electron chi connectivity index (χ4n) is 4.85. The summed E-state index contributed by atoms with van der Waals surface area (Å²) in [6, 6.07) is 29.4. The maximum atomic E-state index is 4.98. The number of fused-ring (bicyclic) bond motifs is 1. The van der Waals surface area contributed by atoms with Gasteiger partial charge in [0.15, 0.2) is 0 Å². The summed E-state index contributed by atoms with van der Waals surface area (Å²) in [5.74, 6) is 0. The molecule has 0 atom stereocenters. The Labute approximate surface area is 200 Å². The highest BCUT2D eigenvalue weighted by molar-refractivity contribution is 5.75. The van der Waals surface area contributed by atoms with E-state index in [-0.39, 0.29) is 0 Å². The molecule has 5 aromatic rings. The molecule has 164 valence electrons. The normalized spacial score (nSPS) is 12.5. The van der Waals surface area contributed by atoms with E-state index >= 15 is 0 Å². The Kier molecular flexibility index (Phi) is 5.23. The first-order valence-corrected chi connectivity index (χ1v) is 11.8. The van der Waals surface area contributed by atoms with E-state index in [1.54, 1.807) is 0 Å². The Morgan fingerprint density at radius 1 is 0.559 bits per heavy atom. The van der Waals surface area contributed by atoms with Gasteiger partial charge in [-0.2, -0.15) is 0 Å². The Hall–Kier alpha value is -4.11. The predicted octanol–water partition coefficient (Wildman–Crippen LogP) is 7.34. The van der Waals surface area contributed by atoms with Crippen molar-refractivity contribution in [2.75, 3.05) is 0 Å². The van der Waals surface area contributed by atoms with E-state index in [0.717, 1.165) is 53.2 Å². The van der Waals surface area contributed by atoms with Gasteiger partial charge in [-0.05, 0) is 66.6 Å². The minimum Gasteiger partial charge on any atom is -0.254 e. The van der Waals surface area contributed by atoms with Crippen LogP contribution in [-0.2, 0) is 12.8 Å². The molecule has 1 aliphatic carbocycles. The smallest absolute Gasteiger partial charge is 0.0921 e. The van der Waals surface area contributed by atoms with E-state index in [0.29, 0.717) is 0 Å². The lowest BCUT2D eigenvalue weighted by Gasteiger charge is -2.13. The number of rotatable bonds is 4. The monoisotopic (exact) mass is 439 g/mol. The molecule has 34 heavy (non-hydrogen) atoms. The summed E-state index contributed by atoms with van der Waals surface area (Å²) in [6.45, 7) is 2.12. The molecule has 3 nitrogen and oxygen atoms in total. The number of pyridine rings is 3. The standard InChI is InChI=1S/C31H25N3/c1-21-13-15-23(16-14-21)27-20-33-31(26-10-5-9-25(26)27)30-12-6-11-29(34-30)28-18-17-24(19-32-28)22-7-3-2-4-8-22/h2-4,6-8,11-20H,5,9-10H2,1H3. The van der Waals surface area contributed by atoms with Crippen LogP contribution in [0, 0.1) is 6.92 Å². The number of hydrogen-bond donors (Lipinski definition) is 0. The summed E-state index contributed by atoms with van der Waals surface area (Å²) in [5, 5.41) is 0. The average Bonchev–Trinajstić information content (AvgIpc) is 3.40. The third kappa shape index (κ3) is 3.80. The minimum absolute atomic E-state index is 0.869. The van der Waals surface area contributed by atoms with Crippen LogP contribution in [0.2, 0.25) is 0 Å². The highest BCUT2D eigenvalue weighted by Crippen LogP contribution is 2.37. The Balaban J connectivity index is 1.36. The second-order valence-corrected chi connectivity index (χ2v) is 8.90. The summed E-state index contributed by atoms with van der Waals surface area (Å²) in [6.07, 6.45) is 7.26. The summed E-state index contributed by atoms with van der Waals surface area (Å²) < 4.78 is 0. The van der Waals surface area contributed by atoms with Gasteiger partial charge in [0, 0.05) is 23.5 Å². The molecule has 3 heteroatoms. The second kappa shape index (κ2) is 8.68. The lowest BCUT2D eigenvalue weighted by atomic mass is 9.96. The van der Waals surface area contributed by atoms with E-state index in [1.807, 2.05) is 42.7 Å². The number of aryl methyl sites for hydroxylation is 1. The zero-order valence-corrected chi connectivity index (χ0v) is 19.2. The van der Waals surface area contributed by atoms with Gasteiger partial charge >= 0.3 is 0 Å². The largest absolute Gasteiger partial charge is 0.254 e. The summed E-state index contributed by atoms with van der Waals surface area (Å²) >= 11 is 0. The third-order valence-corrected chi connectivity index (χ3v) is 6.64. The molecule has 0 saturated carbocycles. The lowest BCUT2D eigenvalue weighted by molar-refractivity contribution is 0.911. The molecule has 0 saturated heterocycles. The Bertz CT molecular complexity index is 1450. The SMILES string of the molecule is Cc1ccc(-c2cnc(-c3cccc(-c4ccc(-c5ccccc5)cn4)n3)c3c2CCC3)cc1. The summed E-state index contributed by atoms with van der Waals surface area (Å²) in [4.78, 5) is 14.6. The molecule has 6 rings (SSSR count). The van der Waals surface area contributed by atoms with Crippen molar-refractivity contribution in [1.82, 2.24) is 15.0 Å². The first-order chi connectivity index (χ1) is 16.8. The van der Waals surface area contributed by atoms with E-state index < -0.39 is 0 Å². The number of benzene rings is 2. The highest BCUT2D eigenvalue weighted by Gasteiger charge is 2.22. The highest BCUT2D eigenvalue weighted by atomic mass is 14.8. The van der Waals surface area contributed by atoms with Crippen LogP contribution in [0.3, 0.4) is 0 Å². The van der Waals surface area contributed by atoms with Crippen molar-refractivity contribution < 1.29 is 0 Å². The van der Waals surface area contributed by atoms with Crippen molar-refractivity contribution in [1.29, 1.82) is 0 Å². The summed E-state index contributed by atoms with van der Waals surface area (Å²) in [5.41, 5.74) is 12.5. The minimum atomic E-state index is 0.869. The molecular weight excluding hydrogens is 414 g/mol. The van der Waals surface area contributed by atoms with Gasteiger partial charge < -0.3 is 0 Å². The van der Waals surface area contributed by atoms with Crippen molar-refractivity contribution in [3.63, 3.8) is 0 Å². The van der Waals surface area contributed by atoms with Gasteiger partial charge in [0.1, 0.15) is 0 Å². The lowest BCUT2D eigenvalue weighted by Crippen LogP contribution is -1.99. The van der Waals surface area contributed by atoms with Crippen molar-refractivity contribution in [2.24, 2.45) is 0 Å². The van der Waals surface area contributed by atoms with Crippen LogP contribution in [0.1, 0.15) is 23.1 Å². The molecule has 3 heterocycles. The molecular formula is C31H25N3. The first-order valence-electron chi connectivity index (χ1n) is 11.8. The van der Waals surface area contributed by atoms with Crippen molar-refractivity contribution >= 4 is 0 Å². The van der Waals surface area contributed by atoms with Crippen LogP contribution in [0.25, 0.3) is 45.0 Å². The van der Waals surface area contributed by atoms with Crippen LogP contribution < -0.4 is 0 Å². The van der Waals surface area contributed by atoms with Gasteiger partial charge in [-0.15, -0.1) is 0 Å².